The Morgan fingerprint density at radius 3 is 2.43 bits per heavy atom. The number of rotatable bonds is 2. The second kappa shape index (κ2) is 5.74. The molecule has 0 fully saturated rings. The maximum Gasteiger partial charge on any atom is 0.417 e. The highest BCUT2D eigenvalue weighted by molar-refractivity contribution is 9.10. The summed E-state index contributed by atoms with van der Waals surface area (Å²) in [5, 5.41) is 11.5. The number of para-hydroxylation sites is 1. The molecule has 0 aliphatic carbocycles. The summed E-state index contributed by atoms with van der Waals surface area (Å²) >= 11 is 3.14. The van der Waals surface area contributed by atoms with Crippen LogP contribution in [0.1, 0.15) is 11.1 Å². The van der Waals surface area contributed by atoms with Gasteiger partial charge in [-0.25, -0.2) is 4.39 Å². The monoisotopic (exact) mass is 358 g/mol. The largest absolute Gasteiger partial charge is 0.417 e. The van der Waals surface area contributed by atoms with Crippen molar-refractivity contribution < 1.29 is 17.6 Å². The van der Waals surface area contributed by atoms with E-state index < -0.39 is 23.1 Å². The third-order valence-corrected chi connectivity index (χ3v) is 3.34. The summed E-state index contributed by atoms with van der Waals surface area (Å²) in [6, 6.07) is 8.73. The van der Waals surface area contributed by atoms with Crippen LogP contribution in [0.3, 0.4) is 0 Å². The maximum absolute atomic E-state index is 13.6. The van der Waals surface area contributed by atoms with Gasteiger partial charge in [-0.2, -0.15) is 18.4 Å². The van der Waals surface area contributed by atoms with Gasteiger partial charge in [-0.3, -0.25) is 0 Å². The number of nitriles is 1. The van der Waals surface area contributed by atoms with Crippen LogP contribution in [0.15, 0.2) is 40.9 Å². The Labute approximate surface area is 126 Å². The zero-order chi connectivity index (χ0) is 15.6. The van der Waals surface area contributed by atoms with E-state index in [4.69, 9.17) is 5.26 Å². The zero-order valence-corrected chi connectivity index (χ0v) is 11.9. The topological polar surface area (TPSA) is 35.8 Å². The first-order chi connectivity index (χ1) is 9.82. The second-order valence-corrected chi connectivity index (χ2v) is 4.95. The lowest BCUT2D eigenvalue weighted by Crippen LogP contribution is -2.08. The highest BCUT2D eigenvalue weighted by Crippen LogP contribution is 2.34. The smallest absolute Gasteiger partial charge is 0.352 e. The average molecular weight is 359 g/mol. The Kier molecular flexibility index (Phi) is 4.19. The fourth-order valence-electron chi connectivity index (χ4n) is 1.72. The van der Waals surface area contributed by atoms with Crippen molar-refractivity contribution in [2.75, 3.05) is 5.32 Å². The molecule has 0 bridgehead atoms. The van der Waals surface area contributed by atoms with Crippen molar-refractivity contribution in [3.05, 3.63) is 57.8 Å². The van der Waals surface area contributed by atoms with Gasteiger partial charge in [0.05, 0.1) is 22.9 Å². The van der Waals surface area contributed by atoms with Gasteiger partial charge in [0.2, 0.25) is 0 Å². The summed E-state index contributed by atoms with van der Waals surface area (Å²) in [6.07, 6.45) is -4.61. The molecule has 0 spiro atoms. The standard InChI is InChI=1S/C14H7BrF4N2/c15-11-2-1-3-12(16)13(11)21-9-4-5-10(14(17,18)19)8(6-9)7-20/h1-6,21H. The molecule has 1 N–H and O–H groups in total. The van der Waals surface area contributed by atoms with Crippen LogP contribution in [-0.2, 0) is 6.18 Å². The number of benzene rings is 2. The van der Waals surface area contributed by atoms with Gasteiger partial charge in [-0.05, 0) is 46.3 Å². The number of hydrogen-bond acceptors (Lipinski definition) is 2. The molecule has 2 nitrogen and oxygen atoms in total. The van der Waals surface area contributed by atoms with Gasteiger partial charge in [-0.1, -0.05) is 6.07 Å². The molecule has 2 rings (SSSR count). The highest BCUT2D eigenvalue weighted by atomic mass is 79.9. The van der Waals surface area contributed by atoms with Gasteiger partial charge in [0.15, 0.2) is 0 Å². The van der Waals surface area contributed by atoms with Crippen molar-refractivity contribution in [1.29, 1.82) is 5.26 Å². The molecule has 0 atom stereocenters. The minimum absolute atomic E-state index is 0.0844. The second-order valence-electron chi connectivity index (χ2n) is 4.09. The van der Waals surface area contributed by atoms with Crippen molar-refractivity contribution in [2.45, 2.75) is 6.18 Å². The van der Waals surface area contributed by atoms with E-state index in [0.29, 0.717) is 4.47 Å². The molecule has 0 saturated carbocycles. The van der Waals surface area contributed by atoms with E-state index in [1.54, 1.807) is 6.07 Å². The molecular weight excluding hydrogens is 352 g/mol. The first-order valence-electron chi connectivity index (χ1n) is 5.65. The predicted octanol–water partition coefficient (Wildman–Crippen LogP) is 5.22. The molecule has 108 valence electrons. The molecular formula is C14H7BrF4N2. The van der Waals surface area contributed by atoms with E-state index in [0.717, 1.165) is 18.2 Å². The molecule has 7 heteroatoms. The first-order valence-corrected chi connectivity index (χ1v) is 6.44. The van der Waals surface area contributed by atoms with Crippen LogP contribution in [0.25, 0.3) is 0 Å². The van der Waals surface area contributed by atoms with Gasteiger partial charge >= 0.3 is 6.18 Å². The minimum Gasteiger partial charge on any atom is -0.352 e. The average Bonchev–Trinajstić information content (AvgIpc) is 2.41. The normalized spacial score (nSPS) is 11.0. The summed E-state index contributed by atoms with van der Waals surface area (Å²) in [5.41, 5.74) is -1.28. The zero-order valence-electron chi connectivity index (χ0n) is 10.3. The van der Waals surface area contributed by atoms with E-state index in [-0.39, 0.29) is 11.4 Å². The SMILES string of the molecule is N#Cc1cc(Nc2c(F)cccc2Br)ccc1C(F)(F)F. The summed E-state index contributed by atoms with van der Waals surface area (Å²) in [6.45, 7) is 0. The number of nitrogens with zero attached hydrogens (tertiary/aromatic N) is 1. The van der Waals surface area contributed by atoms with Gasteiger partial charge in [0, 0.05) is 10.2 Å². The lowest BCUT2D eigenvalue weighted by Gasteiger charge is -2.13. The van der Waals surface area contributed by atoms with Gasteiger partial charge in [0.25, 0.3) is 0 Å². The molecule has 0 radical (unpaired) electrons. The summed E-state index contributed by atoms with van der Waals surface area (Å²) < 4.78 is 52.1. The van der Waals surface area contributed by atoms with E-state index in [9.17, 15) is 17.6 Å². The quantitative estimate of drug-likeness (QED) is 0.746. The summed E-state index contributed by atoms with van der Waals surface area (Å²) in [5.74, 6) is -0.567. The van der Waals surface area contributed by atoms with E-state index in [1.165, 1.54) is 18.2 Å². The van der Waals surface area contributed by atoms with Crippen LogP contribution in [0.5, 0.6) is 0 Å². The van der Waals surface area contributed by atoms with E-state index >= 15 is 0 Å². The van der Waals surface area contributed by atoms with E-state index in [1.807, 2.05) is 0 Å². The van der Waals surface area contributed by atoms with Crippen molar-refractivity contribution >= 4 is 27.3 Å². The Bertz CT molecular complexity index is 700. The predicted molar refractivity (Wildman–Crippen MR) is 73.5 cm³/mol. The lowest BCUT2D eigenvalue weighted by molar-refractivity contribution is -0.137. The highest BCUT2D eigenvalue weighted by Gasteiger charge is 2.33. The van der Waals surface area contributed by atoms with Gasteiger partial charge in [0.1, 0.15) is 5.82 Å². The fourth-order valence-corrected chi connectivity index (χ4v) is 2.16. The number of hydrogen-bond donors (Lipinski definition) is 1. The van der Waals surface area contributed by atoms with Gasteiger partial charge < -0.3 is 5.32 Å². The third-order valence-electron chi connectivity index (χ3n) is 2.68. The maximum atomic E-state index is 13.6. The van der Waals surface area contributed by atoms with Crippen molar-refractivity contribution in [1.82, 2.24) is 0 Å². The third kappa shape index (κ3) is 3.34. The Balaban J connectivity index is 2.42. The first kappa shape index (κ1) is 15.3. The van der Waals surface area contributed by atoms with E-state index in [2.05, 4.69) is 21.2 Å². The summed E-state index contributed by atoms with van der Waals surface area (Å²) in [7, 11) is 0. The molecule has 2 aromatic carbocycles. The molecule has 0 saturated heterocycles. The minimum atomic E-state index is -4.61. The van der Waals surface area contributed by atoms with Crippen LogP contribution in [0.4, 0.5) is 28.9 Å². The van der Waals surface area contributed by atoms with Gasteiger partial charge in [-0.15, -0.1) is 0 Å². The molecule has 2 aromatic rings. The molecule has 0 unspecified atom stereocenters. The number of anilines is 2. The van der Waals surface area contributed by atoms with Crippen LogP contribution in [-0.4, -0.2) is 0 Å². The molecule has 0 amide bonds. The molecule has 0 aliphatic rings. The fraction of sp³-hybridized carbons (Fsp3) is 0.0714. The van der Waals surface area contributed by atoms with Crippen LogP contribution >= 0.6 is 15.9 Å². The number of nitrogens with one attached hydrogen (secondary N) is 1. The molecule has 0 heterocycles. The van der Waals surface area contributed by atoms with Crippen molar-refractivity contribution in [2.24, 2.45) is 0 Å². The molecule has 21 heavy (non-hydrogen) atoms. The number of halogens is 5. The molecule has 0 aliphatic heterocycles. The molecule has 0 aromatic heterocycles. The number of alkyl halides is 3. The van der Waals surface area contributed by atoms with Crippen LogP contribution < -0.4 is 5.32 Å². The van der Waals surface area contributed by atoms with Crippen LogP contribution in [0.2, 0.25) is 0 Å². The Morgan fingerprint density at radius 2 is 1.86 bits per heavy atom. The lowest BCUT2D eigenvalue weighted by atomic mass is 10.1. The Morgan fingerprint density at radius 1 is 1.14 bits per heavy atom. The van der Waals surface area contributed by atoms with Crippen molar-refractivity contribution in [3.63, 3.8) is 0 Å². The Hall–Kier alpha value is -2.07. The van der Waals surface area contributed by atoms with Crippen molar-refractivity contribution in [3.8, 4) is 6.07 Å². The van der Waals surface area contributed by atoms with Crippen LogP contribution in [0, 0.1) is 17.1 Å². The summed E-state index contributed by atoms with van der Waals surface area (Å²) in [4.78, 5) is 0.